The first kappa shape index (κ1) is 13.2. The van der Waals surface area contributed by atoms with Crippen LogP contribution in [-0.4, -0.2) is 12.6 Å². The third-order valence-electron chi connectivity index (χ3n) is 5.17. The molecule has 1 aliphatic heterocycles. The predicted octanol–water partition coefficient (Wildman–Crippen LogP) is 4.46. The summed E-state index contributed by atoms with van der Waals surface area (Å²) in [6.45, 7) is 5.71. The fourth-order valence-corrected chi connectivity index (χ4v) is 3.82. The Morgan fingerprint density at radius 2 is 1.84 bits per heavy atom. The van der Waals surface area contributed by atoms with Crippen LogP contribution in [0.4, 0.5) is 0 Å². The van der Waals surface area contributed by atoms with Crippen LogP contribution in [0.1, 0.15) is 45.1 Å². The standard InChI is InChI=1S/C17H22ClN/c1-12-8-11-19-16(13(12)2)17(9-3-10-17)14-4-6-15(18)7-5-14/h4-7,16,19H,3,8-11H2,1-2H3. The maximum atomic E-state index is 6.04. The first-order valence-corrected chi connectivity index (χ1v) is 7.67. The van der Waals surface area contributed by atoms with Crippen LogP contribution >= 0.6 is 11.6 Å². The predicted molar refractivity (Wildman–Crippen MR) is 81.8 cm³/mol. The molecule has 1 N–H and O–H groups in total. The quantitative estimate of drug-likeness (QED) is 0.786. The molecule has 102 valence electrons. The zero-order chi connectivity index (χ0) is 13.5. The van der Waals surface area contributed by atoms with Gasteiger partial charge in [0, 0.05) is 16.5 Å². The van der Waals surface area contributed by atoms with Gasteiger partial charge in [0.2, 0.25) is 0 Å². The SMILES string of the molecule is CC1=C(C)C(C2(c3ccc(Cl)cc3)CCC2)NCC1. The van der Waals surface area contributed by atoms with Crippen molar-refractivity contribution in [1.29, 1.82) is 0 Å². The van der Waals surface area contributed by atoms with E-state index in [0.717, 1.165) is 11.6 Å². The van der Waals surface area contributed by atoms with Crippen molar-refractivity contribution in [2.45, 2.75) is 51.0 Å². The Bertz CT molecular complexity index is 496. The summed E-state index contributed by atoms with van der Waals surface area (Å²) in [5, 5.41) is 4.60. The van der Waals surface area contributed by atoms with Gasteiger partial charge in [0.05, 0.1) is 0 Å². The molecule has 1 atom stereocenters. The van der Waals surface area contributed by atoms with Crippen molar-refractivity contribution in [2.75, 3.05) is 6.54 Å². The Morgan fingerprint density at radius 3 is 2.42 bits per heavy atom. The van der Waals surface area contributed by atoms with Crippen molar-refractivity contribution in [2.24, 2.45) is 0 Å². The van der Waals surface area contributed by atoms with Gasteiger partial charge in [0.15, 0.2) is 0 Å². The molecule has 2 heteroatoms. The van der Waals surface area contributed by atoms with Crippen molar-refractivity contribution in [3.63, 3.8) is 0 Å². The van der Waals surface area contributed by atoms with Crippen molar-refractivity contribution in [1.82, 2.24) is 5.32 Å². The van der Waals surface area contributed by atoms with E-state index >= 15 is 0 Å². The van der Waals surface area contributed by atoms with Crippen LogP contribution in [0.5, 0.6) is 0 Å². The van der Waals surface area contributed by atoms with E-state index in [-0.39, 0.29) is 0 Å². The molecule has 1 aromatic rings. The minimum absolute atomic E-state index is 0.302. The normalized spacial score (nSPS) is 26.2. The van der Waals surface area contributed by atoms with Crippen molar-refractivity contribution in [3.05, 3.63) is 46.0 Å². The molecule has 0 amide bonds. The lowest BCUT2D eigenvalue weighted by molar-refractivity contribution is 0.184. The minimum atomic E-state index is 0.302. The molecule has 0 radical (unpaired) electrons. The molecule has 0 aromatic heterocycles. The number of halogens is 1. The molecule has 1 unspecified atom stereocenters. The summed E-state index contributed by atoms with van der Waals surface area (Å²) < 4.78 is 0. The number of benzene rings is 1. The molecular weight excluding hydrogens is 254 g/mol. The Balaban J connectivity index is 1.99. The topological polar surface area (TPSA) is 12.0 Å². The zero-order valence-electron chi connectivity index (χ0n) is 11.8. The third-order valence-corrected chi connectivity index (χ3v) is 5.42. The number of rotatable bonds is 2. The maximum Gasteiger partial charge on any atom is 0.0406 e. The second kappa shape index (κ2) is 4.96. The van der Waals surface area contributed by atoms with E-state index in [2.05, 4.69) is 31.3 Å². The summed E-state index contributed by atoms with van der Waals surface area (Å²) in [6, 6.07) is 9.02. The number of hydrogen-bond acceptors (Lipinski definition) is 1. The molecule has 1 heterocycles. The molecule has 0 spiro atoms. The second-order valence-corrected chi connectivity index (χ2v) is 6.55. The summed E-state index contributed by atoms with van der Waals surface area (Å²) in [6.07, 6.45) is 5.11. The van der Waals surface area contributed by atoms with Crippen LogP contribution in [0, 0.1) is 0 Å². The summed E-state index contributed by atoms with van der Waals surface area (Å²) in [5.41, 5.74) is 4.88. The summed E-state index contributed by atoms with van der Waals surface area (Å²) in [4.78, 5) is 0. The van der Waals surface area contributed by atoms with Gasteiger partial charge in [0.1, 0.15) is 0 Å². The Hall–Kier alpha value is -0.790. The van der Waals surface area contributed by atoms with E-state index in [1.165, 1.54) is 31.2 Å². The van der Waals surface area contributed by atoms with E-state index in [4.69, 9.17) is 11.6 Å². The Kier molecular flexibility index (Phi) is 3.44. The highest BCUT2D eigenvalue weighted by Gasteiger charge is 2.46. The smallest absolute Gasteiger partial charge is 0.0406 e. The number of nitrogens with one attached hydrogen (secondary N) is 1. The van der Waals surface area contributed by atoms with E-state index in [9.17, 15) is 0 Å². The zero-order valence-corrected chi connectivity index (χ0v) is 12.6. The van der Waals surface area contributed by atoms with Gasteiger partial charge in [-0.1, -0.05) is 41.3 Å². The Labute approximate surface area is 121 Å². The molecule has 3 rings (SSSR count). The highest BCUT2D eigenvalue weighted by Crippen LogP contribution is 2.49. The van der Waals surface area contributed by atoms with Gasteiger partial charge in [-0.2, -0.15) is 0 Å². The monoisotopic (exact) mass is 275 g/mol. The average Bonchev–Trinajstić information content (AvgIpc) is 2.35. The molecule has 1 aromatic carbocycles. The highest BCUT2D eigenvalue weighted by atomic mass is 35.5. The molecule has 19 heavy (non-hydrogen) atoms. The fraction of sp³-hybridized carbons (Fsp3) is 0.529. The van der Waals surface area contributed by atoms with E-state index in [1.807, 2.05) is 12.1 Å². The molecule has 2 aliphatic rings. The van der Waals surface area contributed by atoms with Gasteiger partial charge in [-0.25, -0.2) is 0 Å². The van der Waals surface area contributed by atoms with Crippen LogP contribution in [0.3, 0.4) is 0 Å². The first-order chi connectivity index (χ1) is 9.13. The third kappa shape index (κ3) is 2.13. The second-order valence-electron chi connectivity index (χ2n) is 6.12. The highest BCUT2D eigenvalue weighted by molar-refractivity contribution is 6.30. The summed E-state index contributed by atoms with van der Waals surface area (Å²) in [5.74, 6) is 0. The minimum Gasteiger partial charge on any atom is -0.309 e. The molecule has 1 aliphatic carbocycles. The molecule has 1 fully saturated rings. The maximum absolute atomic E-state index is 6.04. The summed E-state index contributed by atoms with van der Waals surface area (Å²) in [7, 11) is 0. The molecule has 0 bridgehead atoms. The lowest BCUT2D eigenvalue weighted by Crippen LogP contribution is -2.55. The van der Waals surface area contributed by atoms with Gasteiger partial charge in [-0.05, 0) is 57.4 Å². The largest absolute Gasteiger partial charge is 0.309 e. The van der Waals surface area contributed by atoms with E-state index in [0.29, 0.717) is 11.5 Å². The van der Waals surface area contributed by atoms with Gasteiger partial charge < -0.3 is 5.32 Å². The van der Waals surface area contributed by atoms with Crippen LogP contribution in [0.25, 0.3) is 0 Å². The molecule has 0 saturated heterocycles. The van der Waals surface area contributed by atoms with Crippen molar-refractivity contribution < 1.29 is 0 Å². The lowest BCUT2D eigenvalue weighted by atomic mass is 9.58. The van der Waals surface area contributed by atoms with Gasteiger partial charge in [-0.15, -0.1) is 0 Å². The van der Waals surface area contributed by atoms with Crippen molar-refractivity contribution >= 4 is 11.6 Å². The Morgan fingerprint density at radius 1 is 1.16 bits per heavy atom. The van der Waals surface area contributed by atoms with Gasteiger partial charge >= 0.3 is 0 Å². The molecule has 1 nitrogen and oxygen atoms in total. The van der Waals surface area contributed by atoms with Crippen molar-refractivity contribution in [3.8, 4) is 0 Å². The van der Waals surface area contributed by atoms with E-state index < -0.39 is 0 Å². The number of hydrogen-bond donors (Lipinski definition) is 1. The van der Waals surface area contributed by atoms with Gasteiger partial charge in [-0.3, -0.25) is 0 Å². The molecule has 1 saturated carbocycles. The summed E-state index contributed by atoms with van der Waals surface area (Å²) >= 11 is 6.04. The van der Waals surface area contributed by atoms with Crippen LogP contribution in [0.2, 0.25) is 5.02 Å². The fourth-order valence-electron chi connectivity index (χ4n) is 3.69. The molecular formula is C17H22ClN. The van der Waals surface area contributed by atoms with Crippen LogP contribution < -0.4 is 5.32 Å². The van der Waals surface area contributed by atoms with E-state index in [1.54, 1.807) is 11.1 Å². The van der Waals surface area contributed by atoms with Gasteiger partial charge in [0.25, 0.3) is 0 Å². The van der Waals surface area contributed by atoms with Crippen LogP contribution in [0.15, 0.2) is 35.4 Å². The van der Waals surface area contributed by atoms with Crippen LogP contribution in [-0.2, 0) is 5.41 Å². The average molecular weight is 276 g/mol. The first-order valence-electron chi connectivity index (χ1n) is 7.29. The lowest BCUT2D eigenvalue weighted by Gasteiger charge is -2.51.